The average molecular weight is 330 g/mol. The Kier molecular flexibility index (Phi) is 4.01. The van der Waals surface area contributed by atoms with Crippen LogP contribution in [0.5, 0.6) is 5.75 Å². The summed E-state index contributed by atoms with van der Waals surface area (Å²) in [5, 5.41) is 0. The zero-order valence-corrected chi connectivity index (χ0v) is 14.5. The van der Waals surface area contributed by atoms with Gasteiger partial charge in [-0.25, -0.2) is 0 Å². The Balaban J connectivity index is 1.38. The highest BCUT2D eigenvalue weighted by molar-refractivity contribution is 5.83. The van der Waals surface area contributed by atoms with E-state index in [-0.39, 0.29) is 17.6 Å². The molecule has 3 aliphatic rings. The first kappa shape index (κ1) is 15.9. The number of para-hydroxylation sites is 1. The molecule has 2 atom stereocenters. The average Bonchev–Trinajstić information content (AvgIpc) is 2.98. The molecule has 5 nitrogen and oxygen atoms in total. The number of piperidine rings is 1. The highest BCUT2D eigenvalue weighted by atomic mass is 16.5. The smallest absolute Gasteiger partial charge is 0.264 e. The van der Waals surface area contributed by atoms with Gasteiger partial charge in [0.15, 0.2) is 6.10 Å². The van der Waals surface area contributed by atoms with Crippen LogP contribution in [0.4, 0.5) is 0 Å². The molecule has 1 spiro atoms. The van der Waals surface area contributed by atoms with Gasteiger partial charge in [-0.15, -0.1) is 0 Å². The van der Waals surface area contributed by atoms with Crippen molar-refractivity contribution in [2.75, 3.05) is 40.4 Å². The van der Waals surface area contributed by atoms with E-state index in [0.29, 0.717) is 12.3 Å². The highest BCUT2D eigenvalue weighted by Crippen LogP contribution is 2.39. The summed E-state index contributed by atoms with van der Waals surface area (Å²) in [5.41, 5.74) is 1.28. The number of methoxy groups -OCH3 is 1. The van der Waals surface area contributed by atoms with Crippen LogP contribution in [0.3, 0.4) is 0 Å². The lowest BCUT2D eigenvalue weighted by Crippen LogP contribution is -2.73. The minimum absolute atomic E-state index is 0.138. The van der Waals surface area contributed by atoms with Gasteiger partial charge in [-0.05, 0) is 44.0 Å². The number of ether oxygens (including phenoxy) is 2. The van der Waals surface area contributed by atoms with Crippen molar-refractivity contribution in [1.29, 1.82) is 0 Å². The largest absolute Gasteiger partial charge is 0.480 e. The Bertz CT molecular complexity index is 602. The SMILES string of the molecule is COC[C@@H]1CCN(C)C2(C1)CN(C(=O)[C@@H]1Cc3ccccc3O1)C2. The first-order valence-electron chi connectivity index (χ1n) is 8.85. The van der Waals surface area contributed by atoms with Crippen LogP contribution in [0.2, 0.25) is 0 Å². The molecule has 0 N–H and O–H groups in total. The lowest BCUT2D eigenvalue weighted by molar-refractivity contribution is -0.157. The van der Waals surface area contributed by atoms with Crippen molar-refractivity contribution in [3.63, 3.8) is 0 Å². The van der Waals surface area contributed by atoms with Gasteiger partial charge in [0.1, 0.15) is 5.75 Å². The van der Waals surface area contributed by atoms with Crippen molar-refractivity contribution in [2.24, 2.45) is 5.92 Å². The molecule has 0 saturated carbocycles. The lowest BCUT2D eigenvalue weighted by atomic mass is 9.75. The molecule has 0 radical (unpaired) electrons. The zero-order chi connectivity index (χ0) is 16.7. The van der Waals surface area contributed by atoms with Crippen molar-refractivity contribution in [3.8, 4) is 5.75 Å². The second kappa shape index (κ2) is 6.05. The van der Waals surface area contributed by atoms with E-state index in [1.54, 1.807) is 7.11 Å². The third kappa shape index (κ3) is 2.60. The lowest BCUT2D eigenvalue weighted by Gasteiger charge is -2.58. The van der Waals surface area contributed by atoms with Crippen molar-refractivity contribution >= 4 is 5.91 Å². The molecular weight excluding hydrogens is 304 g/mol. The van der Waals surface area contributed by atoms with Gasteiger partial charge in [0, 0.05) is 33.2 Å². The van der Waals surface area contributed by atoms with Crippen molar-refractivity contribution in [1.82, 2.24) is 9.80 Å². The molecule has 1 amide bonds. The van der Waals surface area contributed by atoms with Crippen LogP contribution in [-0.4, -0.2) is 67.7 Å². The fraction of sp³-hybridized carbons (Fsp3) is 0.632. The standard InChI is InChI=1S/C19H26N2O3/c1-20-8-7-14(11-23-2)10-19(20)12-21(13-19)18(22)17-9-15-5-3-4-6-16(15)24-17/h3-6,14,17H,7-13H2,1-2H3/t14-,17+/m1/s1. The summed E-state index contributed by atoms with van der Waals surface area (Å²) >= 11 is 0. The Morgan fingerprint density at radius 3 is 2.92 bits per heavy atom. The quantitative estimate of drug-likeness (QED) is 0.843. The van der Waals surface area contributed by atoms with Crippen LogP contribution in [0.25, 0.3) is 0 Å². The minimum Gasteiger partial charge on any atom is -0.480 e. The van der Waals surface area contributed by atoms with Gasteiger partial charge in [-0.1, -0.05) is 18.2 Å². The molecule has 0 unspecified atom stereocenters. The number of benzene rings is 1. The number of likely N-dealkylation sites (tertiary alicyclic amines) is 2. The number of carbonyl (C=O) groups excluding carboxylic acids is 1. The first-order chi connectivity index (χ1) is 11.6. The van der Waals surface area contributed by atoms with Crippen LogP contribution in [0.1, 0.15) is 18.4 Å². The van der Waals surface area contributed by atoms with Gasteiger partial charge in [-0.2, -0.15) is 0 Å². The van der Waals surface area contributed by atoms with Crippen molar-refractivity contribution in [2.45, 2.75) is 30.9 Å². The number of amides is 1. The van der Waals surface area contributed by atoms with E-state index in [9.17, 15) is 4.79 Å². The maximum Gasteiger partial charge on any atom is 0.264 e. The van der Waals surface area contributed by atoms with Crippen LogP contribution < -0.4 is 4.74 Å². The highest BCUT2D eigenvalue weighted by Gasteiger charge is 2.52. The summed E-state index contributed by atoms with van der Waals surface area (Å²) in [6.07, 6.45) is 2.65. The van der Waals surface area contributed by atoms with Crippen LogP contribution in [-0.2, 0) is 16.0 Å². The normalized spacial score (nSPS) is 28.3. The van der Waals surface area contributed by atoms with Gasteiger partial charge in [0.2, 0.25) is 0 Å². The van der Waals surface area contributed by atoms with Gasteiger partial charge >= 0.3 is 0 Å². The molecule has 4 rings (SSSR count). The summed E-state index contributed by atoms with van der Waals surface area (Å²) in [7, 11) is 3.96. The Hall–Kier alpha value is -1.59. The molecule has 0 bridgehead atoms. The predicted molar refractivity (Wildman–Crippen MR) is 91.1 cm³/mol. The number of hydrogen-bond donors (Lipinski definition) is 0. The van der Waals surface area contributed by atoms with E-state index in [1.165, 1.54) is 6.42 Å². The molecule has 130 valence electrons. The third-order valence-corrected chi connectivity index (χ3v) is 5.96. The maximum atomic E-state index is 12.8. The first-order valence-corrected chi connectivity index (χ1v) is 8.85. The predicted octanol–water partition coefficient (Wildman–Crippen LogP) is 1.56. The summed E-state index contributed by atoms with van der Waals surface area (Å²) in [6, 6.07) is 7.95. The number of carbonyl (C=O) groups is 1. The number of nitrogens with zero attached hydrogens (tertiary/aromatic N) is 2. The van der Waals surface area contributed by atoms with E-state index in [1.807, 2.05) is 29.2 Å². The van der Waals surface area contributed by atoms with E-state index in [4.69, 9.17) is 9.47 Å². The van der Waals surface area contributed by atoms with Gasteiger partial charge < -0.3 is 14.4 Å². The van der Waals surface area contributed by atoms with Crippen LogP contribution in [0, 0.1) is 5.92 Å². The Morgan fingerprint density at radius 2 is 2.17 bits per heavy atom. The van der Waals surface area contributed by atoms with Gasteiger partial charge in [0.25, 0.3) is 5.91 Å². The number of likely N-dealkylation sites (N-methyl/N-ethyl adjacent to an activating group) is 1. The topological polar surface area (TPSA) is 42.0 Å². The molecule has 5 heteroatoms. The van der Waals surface area contributed by atoms with E-state index < -0.39 is 0 Å². The van der Waals surface area contributed by atoms with Crippen molar-refractivity contribution in [3.05, 3.63) is 29.8 Å². The number of hydrogen-bond acceptors (Lipinski definition) is 4. The Labute approximate surface area is 143 Å². The monoisotopic (exact) mass is 330 g/mol. The molecule has 0 aromatic heterocycles. The molecule has 2 fully saturated rings. The van der Waals surface area contributed by atoms with E-state index >= 15 is 0 Å². The molecule has 1 aromatic rings. The van der Waals surface area contributed by atoms with E-state index in [0.717, 1.165) is 44.0 Å². The summed E-state index contributed by atoms with van der Waals surface area (Å²) in [4.78, 5) is 17.2. The van der Waals surface area contributed by atoms with E-state index in [2.05, 4.69) is 11.9 Å². The van der Waals surface area contributed by atoms with Gasteiger partial charge in [0.05, 0.1) is 5.54 Å². The molecule has 0 aliphatic carbocycles. The summed E-state index contributed by atoms with van der Waals surface area (Å²) < 4.78 is 11.2. The van der Waals surface area contributed by atoms with Crippen LogP contribution in [0.15, 0.2) is 24.3 Å². The minimum atomic E-state index is -0.344. The maximum absolute atomic E-state index is 12.8. The van der Waals surface area contributed by atoms with Crippen LogP contribution >= 0.6 is 0 Å². The Morgan fingerprint density at radius 1 is 1.38 bits per heavy atom. The molecule has 3 heterocycles. The molecule has 2 saturated heterocycles. The summed E-state index contributed by atoms with van der Waals surface area (Å²) in [6.45, 7) is 3.55. The fourth-order valence-corrected chi connectivity index (χ4v) is 4.50. The number of rotatable bonds is 3. The van der Waals surface area contributed by atoms with Gasteiger partial charge in [-0.3, -0.25) is 9.69 Å². The van der Waals surface area contributed by atoms with Crippen molar-refractivity contribution < 1.29 is 14.3 Å². The molecule has 24 heavy (non-hydrogen) atoms. The second-order valence-corrected chi connectivity index (χ2v) is 7.57. The second-order valence-electron chi connectivity index (χ2n) is 7.57. The molecular formula is C19H26N2O3. The number of fused-ring (bicyclic) bond motifs is 1. The fourth-order valence-electron chi connectivity index (χ4n) is 4.50. The third-order valence-electron chi connectivity index (χ3n) is 5.96. The molecule has 1 aromatic carbocycles. The zero-order valence-electron chi connectivity index (χ0n) is 14.5. The summed E-state index contributed by atoms with van der Waals surface area (Å²) in [5.74, 6) is 1.61. The molecule has 3 aliphatic heterocycles.